The highest BCUT2D eigenvalue weighted by molar-refractivity contribution is 5.95. The van der Waals surface area contributed by atoms with E-state index in [1.807, 2.05) is 70.5 Å². The molecule has 5 rings (SSSR count). The number of likely N-dealkylation sites (tertiary alicyclic amines) is 1. The molecule has 2 atom stereocenters. The number of carbonyl (C=O) groups excluding carboxylic acids is 2. The van der Waals surface area contributed by atoms with E-state index >= 15 is 0 Å². The van der Waals surface area contributed by atoms with Crippen LogP contribution in [-0.4, -0.2) is 82.0 Å². The number of aliphatic hydroxyl groups excluding tert-OH is 1. The molecule has 6 heteroatoms. The Hall–Kier alpha value is -2.70. The lowest BCUT2D eigenvalue weighted by Crippen LogP contribution is -2.79. The van der Waals surface area contributed by atoms with E-state index in [-0.39, 0.29) is 29.5 Å². The van der Waals surface area contributed by atoms with Crippen molar-refractivity contribution in [2.45, 2.75) is 30.5 Å². The van der Waals surface area contributed by atoms with E-state index in [1.165, 1.54) is 0 Å². The molecule has 6 nitrogen and oxygen atoms in total. The summed E-state index contributed by atoms with van der Waals surface area (Å²) < 4.78 is 0. The summed E-state index contributed by atoms with van der Waals surface area (Å²) in [4.78, 5) is 32.1. The van der Waals surface area contributed by atoms with Crippen LogP contribution in [0, 0.1) is 0 Å². The van der Waals surface area contributed by atoms with Crippen molar-refractivity contribution in [3.05, 3.63) is 71.8 Å². The number of amides is 2. The predicted octanol–water partition coefficient (Wildman–Crippen LogP) is 1.40. The van der Waals surface area contributed by atoms with E-state index in [0.717, 1.165) is 5.56 Å². The summed E-state index contributed by atoms with van der Waals surface area (Å²) in [6, 6.07) is 19.3. The van der Waals surface area contributed by atoms with Crippen LogP contribution in [0.15, 0.2) is 60.7 Å². The zero-order valence-corrected chi connectivity index (χ0v) is 17.0. The first kappa shape index (κ1) is 19.3. The van der Waals surface area contributed by atoms with Crippen molar-refractivity contribution in [1.29, 1.82) is 0 Å². The molecule has 3 heterocycles. The minimum Gasteiger partial charge on any atom is -0.392 e. The van der Waals surface area contributed by atoms with Gasteiger partial charge in [-0.2, -0.15) is 0 Å². The second kappa shape index (κ2) is 7.52. The van der Waals surface area contributed by atoms with Crippen LogP contribution < -0.4 is 0 Å². The molecule has 3 aliphatic rings. The lowest BCUT2D eigenvalue weighted by Gasteiger charge is -2.60. The summed E-state index contributed by atoms with van der Waals surface area (Å²) in [6.45, 7) is 3.08. The van der Waals surface area contributed by atoms with Gasteiger partial charge in [0.15, 0.2) is 0 Å². The maximum absolute atomic E-state index is 13.1. The molecule has 3 fully saturated rings. The topological polar surface area (TPSA) is 64.1 Å². The number of hydrogen-bond acceptors (Lipinski definition) is 4. The van der Waals surface area contributed by atoms with E-state index in [1.54, 1.807) is 0 Å². The SMILES string of the molecule is O=C(Cc1ccccc1)N1C[C@@H]2C[C@@H](O)CN2C2(C1)CN(C(=O)c1ccccc1)C2. The van der Waals surface area contributed by atoms with Gasteiger partial charge in [-0.05, 0) is 24.1 Å². The molecule has 2 aromatic carbocycles. The van der Waals surface area contributed by atoms with Crippen LogP contribution in [0.1, 0.15) is 22.3 Å². The molecule has 0 saturated carbocycles. The lowest BCUT2D eigenvalue weighted by atomic mass is 9.83. The summed E-state index contributed by atoms with van der Waals surface area (Å²) in [6.07, 6.45) is 0.706. The highest BCUT2D eigenvalue weighted by Gasteiger charge is 2.57. The number of fused-ring (bicyclic) bond motifs is 2. The smallest absolute Gasteiger partial charge is 0.253 e. The van der Waals surface area contributed by atoms with Gasteiger partial charge in [-0.1, -0.05) is 48.5 Å². The molecule has 156 valence electrons. The first-order valence-corrected chi connectivity index (χ1v) is 10.6. The zero-order valence-electron chi connectivity index (χ0n) is 17.0. The monoisotopic (exact) mass is 405 g/mol. The minimum absolute atomic E-state index is 0.0326. The van der Waals surface area contributed by atoms with E-state index < -0.39 is 0 Å². The number of hydrogen-bond donors (Lipinski definition) is 1. The van der Waals surface area contributed by atoms with Gasteiger partial charge in [0, 0.05) is 44.3 Å². The van der Waals surface area contributed by atoms with Crippen molar-refractivity contribution in [3.8, 4) is 0 Å². The fourth-order valence-corrected chi connectivity index (χ4v) is 5.34. The Kier molecular flexibility index (Phi) is 4.83. The molecule has 0 radical (unpaired) electrons. The standard InChI is InChI=1S/C24H27N3O3/c28-21-12-20-13-25(22(29)11-18-7-3-1-4-8-18)15-24(27(20)14-21)16-26(17-24)23(30)19-9-5-2-6-10-19/h1-10,20-21,28H,11-17H2/t20-,21+/m0/s1. The van der Waals surface area contributed by atoms with Crippen molar-refractivity contribution in [1.82, 2.24) is 14.7 Å². The largest absolute Gasteiger partial charge is 0.392 e. The lowest BCUT2D eigenvalue weighted by molar-refractivity contribution is -0.146. The molecule has 0 aliphatic carbocycles. The minimum atomic E-state index is -0.366. The second-order valence-electron chi connectivity index (χ2n) is 8.88. The van der Waals surface area contributed by atoms with Gasteiger partial charge in [0.1, 0.15) is 0 Å². The summed E-state index contributed by atoms with van der Waals surface area (Å²) >= 11 is 0. The summed E-state index contributed by atoms with van der Waals surface area (Å²) in [5.41, 5.74) is 1.45. The van der Waals surface area contributed by atoms with Gasteiger partial charge in [0.2, 0.25) is 5.91 Å². The van der Waals surface area contributed by atoms with Crippen molar-refractivity contribution >= 4 is 11.8 Å². The Labute approximate surface area is 176 Å². The molecule has 1 spiro atoms. The molecule has 30 heavy (non-hydrogen) atoms. The van der Waals surface area contributed by atoms with Crippen LogP contribution in [0.2, 0.25) is 0 Å². The Bertz CT molecular complexity index is 927. The van der Waals surface area contributed by atoms with Gasteiger partial charge >= 0.3 is 0 Å². The van der Waals surface area contributed by atoms with Crippen LogP contribution in [-0.2, 0) is 11.2 Å². The molecular weight excluding hydrogens is 378 g/mol. The van der Waals surface area contributed by atoms with Gasteiger partial charge in [-0.3, -0.25) is 14.5 Å². The van der Waals surface area contributed by atoms with Crippen LogP contribution in [0.5, 0.6) is 0 Å². The zero-order chi connectivity index (χ0) is 20.7. The normalized spacial score (nSPS) is 25.1. The number of nitrogens with zero attached hydrogens (tertiary/aromatic N) is 3. The Morgan fingerprint density at radius 2 is 1.53 bits per heavy atom. The fraction of sp³-hybridized carbons (Fsp3) is 0.417. The average molecular weight is 405 g/mol. The Balaban J connectivity index is 1.32. The average Bonchev–Trinajstić information content (AvgIpc) is 3.12. The molecule has 0 bridgehead atoms. The molecule has 2 aromatic rings. The van der Waals surface area contributed by atoms with Gasteiger partial charge in [0.25, 0.3) is 5.91 Å². The van der Waals surface area contributed by atoms with Crippen molar-refractivity contribution in [3.63, 3.8) is 0 Å². The molecular formula is C24H27N3O3. The third-order valence-electron chi connectivity index (χ3n) is 6.75. The third-order valence-corrected chi connectivity index (χ3v) is 6.75. The van der Waals surface area contributed by atoms with Crippen molar-refractivity contribution in [2.75, 3.05) is 32.7 Å². The molecule has 2 amide bonds. The summed E-state index contributed by atoms with van der Waals surface area (Å²) in [7, 11) is 0. The molecule has 3 saturated heterocycles. The van der Waals surface area contributed by atoms with E-state index in [2.05, 4.69) is 4.90 Å². The first-order valence-electron chi connectivity index (χ1n) is 10.6. The summed E-state index contributed by atoms with van der Waals surface area (Å²) in [5.74, 6) is 0.153. The predicted molar refractivity (Wildman–Crippen MR) is 113 cm³/mol. The maximum Gasteiger partial charge on any atom is 0.253 e. The van der Waals surface area contributed by atoms with Gasteiger partial charge in [-0.15, -0.1) is 0 Å². The second-order valence-corrected chi connectivity index (χ2v) is 8.88. The van der Waals surface area contributed by atoms with Gasteiger partial charge < -0.3 is 14.9 Å². The number of β-amino-alcohol motifs (C(OH)–C–C–N with tert-alkyl or cyclic N) is 1. The fourth-order valence-electron chi connectivity index (χ4n) is 5.34. The highest BCUT2D eigenvalue weighted by atomic mass is 16.3. The third kappa shape index (κ3) is 3.40. The molecule has 1 N–H and O–H groups in total. The maximum atomic E-state index is 13.1. The van der Waals surface area contributed by atoms with Crippen molar-refractivity contribution < 1.29 is 14.7 Å². The van der Waals surface area contributed by atoms with Crippen LogP contribution in [0.4, 0.5) is 0 Å². The number of carbonyl (C=O) groups is 2. The van der Waals surface area contributed by atoms with Crippen LogP contribution >= 0.6 is 0 Å². The number of benzene rings is 2. The number of aliphatic hydroxyl groups is 1. The Morgan fingerprint density at radius 3 is 2.23 bits per heavy atom. The highest BCUT2D eigenvalue weighted by Crippen LogP contribution is 2.39. The molecule has 0 aromatic heterocycles. The number of rotatable bonds is 3. The van der Waals surface area contributed by atoms with Gasteiger partial charge in [-0.25, -0.2) is 0 Å². The van der Waals surface area contributed by atoms with Gasteiger partial charge in [0.05, 0.1) is 18.1 Å². The Morgan fingerprint density at radius 1 is 0.900 bits per heavy atom. The van der Waals surface area contributed by atoms with Crippen molar-refractivity contribution in [2.24, 2.45) is 0 Å². The molecule has 0 unspecified atom stereocenters. The van der Waals surface area contributed by atoms with E-state index in [9.17, 15) is 14.7 Å². The molecule has 3 aliphatic heterocycles. The van der Waals surface area contributed by atoms with Crippen LogP contribution in [0.25, 0.3) is 0 Å². The number of piperazine rings is 1. The quantitative estimate of drug-likeness (QED) is 0.839. The first-order chi connectivity index (χ1) is 14.5. The summed E-state index contributed by atoms with van der Waals surface area (Å²) in [5, 5.41) is 10.3. The van der Waals surface area contributed by atoms with E-state index in [0.29, 0.717) is 51.1 Å². The van der Waals surface area contributed by atoms with E-state index in [4.69, 9.17) is 0 Å². The van der Waals surface area contributed by atoms with Crippen LogP contribution in [0.3, 0.4) is 0 Å².